The number of carbonyl (C=O) groups is 1. The van der Waals surface area contributed by atoms with Crippen LogP contribution in [-0.4, -0.2) is 215 Å². The fraction of sp³-hybridized carbons (Fsp3) is 0.413. The third kappa shape index (κ3) is 15.3. The Kier molecular flexibility index (Phi) is 22.1. The van der Waals surface area contributed by atoms with Gasteiger partial charge in [0.25, 0.3) is 0 Å². The predicted molar refractivity (Wildman–Crippen MR) is 341 cm³/mol. The molecule has 30 heteroatoms. The van der Waals surface area contributed by atoms with Crippen molar-refractivity contribution in [3.63, 3.8) is 0 Å². The Morgan fingerprint density at radius 2 is 1.15 bits per heavy atom. The number of esters is 1. The van der Waals surface area contributed by atoms with Crippen molar-refractivity contribution in [2.24, 2.45) is 11.0 Å². The van der Waals surface area contributed by atoms with E-state index in [1.165, 1.54) is 44.7 Å². The monoisotopic (exact) mass is 1300 g/mol. The molecule has 0 radical (unpaired) electrons. The first-order valence-corrected chi connectivity index (χ1v) is 31.7. The summed E-state index contributed by atoms with van der Waals surface area (Å²) in [5.74, 6) is 1.87. The highest BCUT2D eigenvalue weighted by molar-refractivity contribution is 8.00. The van der Waals surface area contributed by atoms with Crippen LogP contribution in [0.1, 0.15) is 37.5 Å². The van der Waals surface area contributed by atoms with Gasteiger partial charge in [0.15, 0.2) is 0 Å². The number of aliphatic hydroxyl groups excluding tert-OH is 4. The number of rotatable bonds is 16. The topological polar surface area (TPSA) is 355 Å². The molecule has 9 heterocycles. The molecule has 4 N–H and O–H groups in total. The van der Waals surface area contributed by atoms with Gasteiger partial charge >= 0.3 is 5.97 Å². The van der Waals surface area contributed by atoms with Gasteiger partial charge in [0.2, 0.25) is 0 Å². The maximum absolute atomic E-state index is 11.5. The normalized spacial score (nSPS) is 27.7. The van der Waals surface area contributed by atoms with E-state index >= 15 is 0 Å². The number of hydrogen-bond donors (Lipinski definition) is 4. The van der Waals surface area contributed by atoms with Crippen LogP contribution in [0, 0.1) is 18.3 Å². The second-order valence-electron chi connectivity index (χ2n) is 22.2. The summed E-state index contributed by atoms with van der Waals surface area (Å²) in [5.41, 5.74) is 16.5. The third-order valence-corrected chi connectivity index (χ3v) is 19.2. The number of hydrogen-bond acceptors (Lipinski definition) is 25. The summed E-state index contributed by atoms with van der Waals surface area (Å²) in [6, 6.07) is 28.3. The number of aromatic nitrogens is 13. The highest BCUT2D eigenvalue weighted by Crippen LogP contribution is 2.43. The van der Waals surface area contributed by atoms with E-state index in [9.17, 15) is 25.2 Å². The summed E-state index contributed by atoms with van der Waals surface area (Å²) in [6.45, 7) is 3.87. The summed E-state index contributed by atoms with van der Waals surface area (Å²) in [5, 5.41) is 73.1. The number of aliphatic hydroxyl groups is 4. The first kappa shape index (κ1) is 66.1. The van der Waals surface area contributed by atoms with Crippen LogP contribution < -0.4 is 0 Å². The molecule has 28 nitrogen and oxygen atoms in total. The van der Waals surface area contributed by atoms with Crippen molar-refractivity contribution in [2.45, 2.75) is 102 Å². The Bertz CT molecular complexity index is 4010. The number of thioether (sulfide) groups is 2. The first-order valence-electron chi connectivity index (χ1n) is 29.8. The molecule has 93 heavy (non-hydrogen) atoms. The summed E-state index contributed by atoms with van der Waals surface area (Å²) in [7, 11) is 3.05. The molecule has 4 fully saturated rings. The van der Waals surface area contributed by atoms with Gasteiger partial charge < -0.3 is 53.6 Å². The Labute approximate surface area is 541 Å². The van der Waals surface area contributed by atoms with Gasteiger partial charge in [-0.3, -0.25) is 24.7 Å². The molecule has 9 aromatic rings. The molecule has 0 spiro atoms. The number of azide groups is 1. The van der Waals surface area contributed by atoms with Gasteiger partial charge in [0.1, 0.15) is 77.1 Å². The molecule has 0 bridgehead atoms. The lowest BCUT2D eigenvalue weighted by Crippen LogP contribution is -2.56. The number of ether oxygens (including phenoxy) is 7. The molecular formula is C63H68N16O12S2. The molecule has 4 saturated heterocycles. The molecule has 4 aliphatic heterocycles. The molecule has 0 saturated carbocycles. The Balaban J connectivity index is 0.000000164. The fourth-order valence-electron chi connectivity index (χ4n) is 11.4. The van der Waals surface area contributed by atoms with Gasteiger partial charge in [-0.1, -0.05) is 100 Å². The van der Waals surface area contributed by atoms with Crippen LogP contribution in [0.15, 0.2) is 146 Å². The van der Waals surface area contributed by atoms with Crippen LogP contribution in [0.3, 0.4) is 0 Å². The minimum absolute atomic E-state index is 0.0228. The number of terminal acetylenes is 1. The first-order chi connectivity index (χ1) is 45.4. The van der Waals surface area contributed by atoms with Gasteiger partial charge in [-0.2, -0.15) is 0 Å². The van der Waals surface area contributed by atoms with Gasteiger partial charge in [-0.25, -0.2) is 14.0 Å². The maximum atomic E-state index is 11.5. The van der Waals surface area contributed by atoms with Crippen molar-refractivity contribution >= 4 is 51.6 Å². The smallest absolute Gasteiger partial charge is 0.302 e. The lowest BCUT2D eigenvalue weighted by Gasteiger charge is -2.45. The minimum atomic E-state index is -1.15. The van der Waals surface area contributed by atoms with Crippen molar-refractivity contribution in [3.8, 4) is 46.1 Å². The van der Waals surface area contributed by atoms with Gasteiger partial charge in [-0.15, -0.1) is 45.2 Å². The summed E-state index contributed by atoms with van der Waals surface area (Å²) in [4.78, 5) is 31.3. The fourth-order valence-corrected chi connectivity index (χ4v) is 14.4. The highest BCUT2D eigenvalue weighted by Gasteiger charge is 2.50. The van der Waals surface area contributed by atoms with Crippen molar-refractivity contribution in [2.75, 3.05) is 53.9 Å². The maximum Gasteiger partial charge on any atom is 0.302 e. The van der Waals surface area contributed by atoms with Gasteiger partial charge in [0, 0.05) is 73.1 Å². The Morgan fingerprint density at radius 3 is 1.68 bits per heavy atom. The van der Waals surface area contributed by atoms with E-state index in [-0.39, 0.29) is 44.2 Å². The minimum Gasteiger partial charge on any atom is -0.463 e. The molecule has 4 aliphatic rings. The quantitative estimate of drug-likeness (QED) is 0.0295. The van der Waals surface area contributed by atoms with E-state index in [4.69, 9.17) is 45.1 Å². The second kappa shape index (κ2) is 31.0. The van der Waals surface area contributed by atoms with Crippen LogP contribution in [0.4, 0.5) is 0 Å². The second-order valence-corrected chi connectivity index (χ2v) is 24.9. The molecular weight excluding hydrogens is 1240 g/mol. The molecule has 0 aliphatic carbocycles. The van der Waals surface area contributed by atoms with Crippen molar-refractivity contribution < 1.29 is 58.4 Å². The van der Waals surface area contributed by atoms with Crippen molar-refractivity contribution in [1.82, 2.24) is 64.9 Å². The summed E-state index contributed by atoms with van der Waals surface area (Å²) < 4.78 is 45.7. The molecule has 0 amide bonds. The van der Waals surface area contributed by atoms with Crippen LogP contribution in [0.2, 0.25) is 0 Å². The molecule has 4 aromatic carbocycles. The van der Waals surface area contributed by atoms with E-state index in [2.05, 4.69) is 66.8 Å². The third-order valence-electron chi connectivity index (χ3n) is 16.4. The summed E-state index contributed by atoms with van der Waals surface area (Å²) in [6.07, 6.45) is 11.6. The lowest BCUT2D eigenvalue weighted by molar-refractivity contribution is -0.186. The number of nitrogens with zero attached hydrogens (tertiary/aromatic N) is 16. The number of benzene rings is 4. The zero-order valence-electron chi connectivity index (χ0n) is 50.9. The average molecular weight is 1310 g/mol. The molecule has 5 aromatic heterocycles. The van der Waals surface area contributed by atoms with Crippen LogP contribution in [0.5, 0.6) is 0 Å². The zero-order valence-corrected chi connectivity index (χ0v) is 52.5. The molecule has 16 atom stereocenters. The van der Waals surface area contributed by atoms with E-state index in [1.54, 1.807) is 57.4 Å². The summed E-state index contributed by atoms with van der Waals surface area (Å²) >= 11 is 2.67. The molecule has 484 valence electrons. The van der Waals surface area contributed by atoms with Crippen LogP contribution in [0.25, 0.3) is 66.3 Å². The van der Waals surface area contributed by atoms with E-state index < -0.39 is 95.6 Å². The number of methoxy groups -OCH3 is 2. The van der Waals surface area contributed by atoms with Crippen LogP contribution >= 0.6 is 23.5 Å². The largest absolute Gasteiger partial charge is 0.463 e. The van der Waals surface area contributed by atoms with Crippen molar-refractivity contribution in [1.29, 1.82) is 0 Å². The number of fused-ring (bicyclic) bond motifs is 2. The predicted octanol–water partition coefficient (Wildman–Crippen LogP) is 5.72. The van der Waals surface area contributed by atoms with Crippen molar-refractivity contribution in [3.05, 3.63) is 156 Å². The Morgan fingerprint density at radius 1 is 0.656 bits per heavy atom. The van der Waals surface area contributed by atoms with Gasteiger partial charge in [0.05, 0.1) is 109 Å². The molecule has 13 rings (SSSR count). The highest BCUT2D eigenvalue weighted by atomic mass is 32.2. The number of carbonyl (C=O) groups excluding carboxylic acids is 1. The van der Waals surface area contributed by atoms with E-state index in [0.29, 0.717) is 17.1 Å². The standard InChI is InChI=1S/C30H32N8O6S.C23H30N6O6S.C10H6N2/c1-42-29-26(38-13-22(34-36-38)18-7-8-19-20(11-18)32-10-9-31-19)28(41)24(14-39)44-30(29)45-25-16-43-15-23(27(25)40)37-12-21(33-35-37)17-5-3-2-4-6-17;1-13-18(11-34-14(2)30)35-23(22(32-3)20(13)26-27-24)36-19-12-33-10-17(21(19)31)29-9-16(25-28-29)15-7-5-4-6-8-15;1-2-8-3-4-9-10(7-8)12-6-5-11-9/h2-13,23-30,39-41H,14-16H2,1H3;4-9,13,17-23,31H,10-12H2,1-3H3;1,3-7H. The van der Waals surface area contributed by atoms with E-state index in [1.807, 2.05) is 104 Å². The molecule has 16 unspecified atom stereocenters. The average Bonchev–Trinajstić information content (AvgIpc) is 1.76. The van der Waals surface area contributed by atoms with E-state index in [0.717, 1.165) is 44.3 Å². The van der Waals surface area contributed by atoms with Gasteiger partial charge in [-0.05, 0) is 41.8 Å². The SMILES string of the molecule is C#Cc1ccc2nccnc2c1.COC1C(SC2COCC(n3cc(-c4ccccc4)nn3)C2O)OC(CO)C(O)C1n1cc(-c2ccc3nccnc3c2)nn1.COC1C(SC2COCC(n3cc(-c4ccccc4)nn3)C2O)OC(COC(C)=O)C(C)C1N=[N+]=[N-]. The zero-order chi connectivity index (χ0) is 65.0. The lowest BCUT2D eigenvalue weighted by atomic mass is 9.89. The van der Waals surface area contributed by atoms with Crippen LogP contribution in [-0.2, 0) is 38.0 Å². The Hall–Kier alpha value is -8.38.